The number of fused-ring (bicyclic) bond motifs is 3. The summed E-state index contributed by atoms with van der Waals surface area (Å²) < 4.78 is 0. The molecule has 2 heterocycles. The summed E-state index contributed by atoms with van der Waals surface area (Å²) in [5.74, 6) is 0. The second-order valence-electron chi connectivity index (χ2n) is 5.91. The van der Waals surface area contributed by atoms with Crippen LogP contribution in [0.1, 0.15) is 28.1 Å². The standard InChI is InChI=1S/C21H18N2/c1-2-15-5-7-16(8-6-15)14-17-11-13-23-20-10-9-19-18(21(17)20)4-3-12-22-19/h2-8,11-13H,1,9-10,14H2. The molecule has 3 aromatic rings. The molecule has 2 aromatic heterocycles. The van der Waals surface area contributed by atoms with Crippen LogP contribution in [0.25, 0.3) is 17.2 Å². The van der Waals surface area contributed by atoms with Crippen LogP contribution in [0.15, 0.2) is 61.4 Å². The van der Waals surface area contributed by atoms with E-state index >= 15 is 0 Å². The van der Waals surface area contributed by atoms with Gasteiger partial charge in [0.05, 0.1) is 0 Å². The normalized spacial score (nSPS) is 12.3. The first-order valence-electron chi connectivity index (χ1n) is 7.97. The van der Waals surface area contributed by atoms with E-state index in [2.05, 4.69) is 52.9 Å². The van der Waals surface area contributed by atoms with Crippen molar-refractivity contribution in [2.24, 2.45) is 0 Å². The van der Waals surface area contributed by atoms with Crippen LogP contribution in [0.4, 0.5) is 0 Å². The maximum absolute atomic E-state index is 4.61. The fourth-order valence-electron chi connectivity index (χ4n) is 3.31. The Morgan fingerprint density at radius 3 is 2.52 bits per heavy atom. The Labute approximate surface area is 136 Å². The Bertz CT molecular complexity index is 863. The average Bonchev–Trinajstić information content (AvgIpc) is 2.62. The van der Waals surface area contributed by atoms with Gasteiger partial charge in [0.1, 0.15) is 0 Å². The summed E-state index contributed by atoms with van der Waals surface area (Å²) in [6, 6.07) is 14.9. The Hall–Kier alpha value is -2.74. The second kappa shape index (κ2) is 5.81. The summed E-state index contributed by atoms with van der Waals surface area (Å²) in [5.41, 5.74) is 8.71. The highest BCUT2D eigenvalue weighted by atomic mass is 14.7. The van der Waals surface area contributed by atoms with Gasteiger partial charge in [-0.05, 0) is 48.1 Å². The van der Waals surface area contributed by atoms with E-state index in [4.69, 9.17) is 0 Å². The van der Waals surface area contributed by atoms with E-state index in [0.29, 0.717) is 0 Å². The lowest BCUT2D eigenvalue weighted by molar-refractivity contribution is 0.856. The van der Waals surface area contributed by atoms with Gasteiger partial charge in [-0.2, -0.15) is 0 Å². The smallest absolute Gasteiger partial charge is 0.0489 e. The molecule has 0 spiro atoms. The summed E-state index contributed by atoms with van der Waals surface area (Å²) in [4.78, 5) is 9.16. The lowest BCUT2D eigenvalue weighted by atomic mass is 9.87. The first-order valence-corrected chi connectivity index (χ1v) is 7.97. The van der Waals surface area contributed by atoms with Crippen LogP contribution in [-0.4, -0.2) is 9.97 Å². The summed E-state index contributed by atoms with van der Waals surface area (Å²) in [6.45, 7) is 3.81. The minimum absolute atomic E-state index is 0.913. The Morgan fingerprint density at radius 2 is 1.70 bits per heavy atom. The number of rotatable bonds is 3. The van der Waals surface area contributed by atoms with E-state index in [1.807, 2.05) is 24.5 Å². The predicted molar refractivity (Wildman–Crippen MR) is 94.2 cm³/mol. The van der Waals surface area contributed by atoms with Gasteiger partial charge in [0.15, 0.2) is 0 Å². The number of aryl methyl sites for hydroxylation is 2. The van der Waals surface area contributed by atoms with Crippen molar-refractivity contribution >= 4 is 6.08 Å². The van der Waals surface area contributed by atoms with Gasteiger partial charge in [-0.15, -0.1) is 0 Å². The van der Waals surface area contributed by atoms with Crippen molar-refractivity contribution in [1.82, 2.24) is 9.97 Å². The average molecular weight is 298 g/mol. The molecule has 0 fully saturated rings. The fraction of sp³-hybridized carbons (Fsp3) is 0.143. The zero-order valence-corrected chi connectivity index (χ0v) is 13.0. The first-order chi connectivity index (χ1) is 11.3. The van der Waals surface area contributed by atoms with Crippen molar-refractivity contribution in [2.45, 2.75) is 19.3 Å². The van der Waals surface area contributed by atoms with Crippen LogP contribution in [0.5, 0.6) is 0 Å². The van der Waals surface area contributed by atoms with Gasteiger partial charge < -0.3 is 0 Å². The zero-order chi connectivity index (χ0) is 15.6. The molecule has 2 heteroatoms. The highest BCUT2D eigenvalue weighted by Gasteiger charge is 2.20. The van der Waals surface area contributed by atoms with Crippen LogP contribution >= 0.6 is 0 Å². The molecule has 0 radical (unpaired) electrons. The third-order valence-corrected chi connectivity index (χ3v) is 4.48. The quantitative estimate of drug-likeness (QED) is 0.712. The molecule has 4 rings (SSSR count). The molecule has 0 amide bonds. The van der Waals surface area contributed by atoms with Gasteiger partial charge in [0.2, 0.25) is 0 Å². The van der Waals surface area contributed by atoms with E-state index in [0.717, 1.165) is 24.8 Å². The number of pyridine rings is 2. The Balaban J connectivity index is 1.77. The van der Waals surface area contributed by atoms with Gasteiger partial charge in [-0.1, -0.05) is 43.0 Å². The van der Waals surface area contributed by atoms with Crippen molar-refractivity contribution in [3.8, 4) is 11.1 Å². The van der Waals surface area contributed by atoms with Gasteiger partial charge in [-0.25, -0.2) is 0 Å². The van der Waals surface area contributed by atoms with E-state index in [1.54, 1.807) is 0 Å². The predicted octanol–water partition coefficient (Wildman–Crippen LogP) is 4.48. The summed E-state index contributed by atoms with van der Waals surface area (Å²) in [5, 5.41) is 0. The third-order valence-electron chi connectivity index (χ3n) is 4.48. The Kier molecular flexibility index (Phi) is 3.51. The number of hydrogen-bond donors (Lipinski definition) is 0. The van der Waals surface area contributed by atoms with Crippen LogP contribution in [0.2, 0.25) is 0 Å². The molecule has 1 aliphatic carbocycles. The van der Waals surface area contributed by atoms with Gasteiger partial charge in [0, 0.05) is 34.9 Å². The van der Waals surface area contributed by atoms with Crippen molar-refractivity contribution in [3.05, 3.63) is 89.5 Å². The largest absolute Gasteiger partial charge is 0.261 e. The fourth-order valence-corrected chi connectivity index (χ4v) is 3.31. The first kappa shape index (κ1) is 13.9. The van der Waals surface area contributed by atoms with Crippen molar-refractivity contribution < 1.29 is 0 Å². The monoisotopic (exact) mass is 298 g/mol. The van der Waals surface area contributed by atoms with E-state index in [-0.39, 0.29) is 0 Å². The van der Waals surface area contributed by atoms with Crippen LogP contribution in [-0.2, 0) is 19.3 Å². The molecule has 0 saturated carbocycles. The van der Waals surface area contributed by atoms with E-state index in [9.17, 15) is 0 Å². The third kappa shape index (κ3) is 2.57. The number of nitrogens with zero attached hydrogens (tertiary/aromatic N) is 2. The maximum Gasteiger partial charge on any atom is 0.0489 e. The highest BCUT2D eigenvalue weighted by Crippen LogP contribution is 2.34. The molecule has 1 aliphatic rings. The number of hydrogen-bond acceptors (Lipinski definition) is 2. The SMILES string of the molecule is C=Cc1ccc(Cc2ccnc3c2-c2cccnc2CC3)cc1. The molecule has 0 bridgehead atoms. The zero-order valence-electron chi connectivity index (χ0n) is 13.0. The lowest BCUT2D eigenvalue weighted by Crippen LogP contribution is -2.10. The van der Waals surface area contributed by atoms with Gasteiger partial charge in [0.25, 0.3) is 0 Å². The molecule has 0 unspecified atom stereocenters. The molecule has 0 N–H and O–H groups in total. The van der Waals surface area contributed by atoms with Crippen molar-refractivity contribution in [3.63, 3.8) is 0 Å². The minimum Gasteiger partial charge on any atom is -0.261 e. The number of aromatic nitrogens is 2. The van der Waals surface area contributed by atoms with Crippen molar-refractivity contribution in [1.29, 1.82) is 0 Å². The molecule has 0 saturated heterocycles. The molecule has 23 heavy (non-hydrogen) atoms. The molecular weight excluding hydrogens is 280 g/mol. The summed E-state index contributed by atoms with van der Waals surface area (Å²) in [7, 11) is 0. The van der Waals surface area contributed by atoms with Crippen LogP contribution in [0, 0.1) is 0 Å². The highest BCUT2D eigenvalue weighted by molar-refractivity contribution is 5.74. The molecule has 0 atom stereocenters. The molecule has 112 valence electrons. The Morgan fingerprint density at radius 1 is 0.913 bits per heavy atom. The van der Waals surface area contributed by atoms with E-state index < -0.39 is 0 Å². The van der Waals surface area contributed by atoms with Crippen LogP contribution in [0.3, 0.4) is 0 Å². The van der Waals surface area contributed by atoms with Gasteiger partial charge in [-0.3, -0.25) is 9.97 Å². The lowest BCUT2D eigenvalue weighted by Gasteiger charge is -2.21. The second-order valence-corrected chi connectivity index (χ2v) is 5.91. The molecule has 0 aliphatic heterocycles. The van der Waals surface area contributed by atoms with E-state index in [1.165, 1.54) is 33.6 Å². The van der Waals surface area contributed by atoms with Gasteiger partial charge >= 0.3 is 0 Å². The van der Waals surface area contributed by atoms with Crippen molar-refractivity contribution in [2.75, 3.05) is 0 Å². The number of benzene rings is 1. The minimum atomic E-state index is 0.913. The summed E-state index contributed by atoms with van der Waals surface area (Å²) >= 11 is 0. The maximum atomic E-state index is 4.61. The molecule has 1 aromatic carbocycles. The van der Waals surface area contributed by atoms with Crippen LogP contribution < -0.4 is 0 Å². The molecule has 2 nitrogen and oxygen atoms in total. The topological polar surface area (TPSA) is 25.8 Å². The molecular formula is C21H18N2. The summed E-state index contributed by atoms with van der Waals surface area (Å²) in [6.07, 6.45) is 8.56.